The molecule has 18 heavy (non-hydrogen) atoms. The Labute approximate surface area is 113 Å². The van der Waals surface area contributed by atoms with Crippen molar-refractivity contribution in [2.45, 2.75) is 40.5 Å². The van der Waals surface area contributed by atoms with Crippen LogP contribution in [-0.2, 0) is 4.79 Å². The normalized spacial score (nSPS) is 18.6. The lowest BCUT2D eigenvalue weighted by Gasteiger charge is -2.35. The zero-order chi connectivity index (χ0) is 13.7. The standard InChI is InChI=1S/C15H30N2O/c1-12(2)10-17-8-6-14(7-9-17)11-16(5)15(18)13(3)4/h12-14H,6-11H2,1-5H3. The Balaban J connectivity index is 2.29. The van der Waals surface area contributed by atoms with Crippen molar-refractivity contribution in [3.05, 3.63) is 0 Å². The molecule has 0 bridgehead atoms. The molecule has 0 aromatic rings. The Bertz CT molecular complexity index is 255. The lowest BCUT2D eigenvalue weighted by atomic mass is 9.95. The second-order valence-corrected chi connectivity index (χ2v) is 6.51. The molecule has 106 valence electrons. The quantitative estimate of drug-likeness (QED) is 0.752. The van der Waals surface area contributed by atoms with Crippen LogP contribution in [0.1, 0.15) is 40.5 Å². The van der Waals surface area contributed by atoms with Crippen molar-refractivity contribution < 1.29 is 4.79 Å². The number of rotatable bonds is 5. The second-order valence-electron chi connectivity index (χ2n) is 6.51. The number of nitrogens with zero attached hydrogens (tertiary/aromatic N) is 2. The van der Waals surface area contributed by atoms with Crippen LogP contribution in [0.2, 0.25) is 0 Å². The first-order valence-corrected chi connectivity index (χ1v) is 7.37. The van der Waals surface area contributed by atoms with Crippen LogP contribution in [0.15, 0.2) is 0 Å². The molecule has 1 aliphatic heterocycles. The molecule has 1 saturated heterocycles. The van der Waals surface area contributed by atoms with E-state index in [1.165, 1.54) is 32.5 Å². The average molecular weight is 254 g/mol. The van der Waals surface area contributed by atoms with Gasteiger partial charge in [-0.25, -0.2) is 0 Å². The minimum atomic E-state index is 0.121. The monoisotopic (exact) mass is 254 g/mol. The van der Waals surface area contributed by atoms with Crippen LogP contribution in [0.4, 0.5) is 0 Å². The van der Waals surface area contributed by atoms with Crippen LogP contribution in [0.25, 0.3) is 0 Å². The first-order chi connectivity index (χ1) is 8.40. The lowest BCUT2D eigenvalue weighted by molar-refractivity contribution is -0.133. The van der Waals surface area contributed by atoms with Crippen LogP contribution in [-0.4, -0.2) is 48.9 Å². The van der Waals surface area contributed by atoms with E-state index in [1.807, 2.05) is 25.8 Å². The molecular weight excluding hydrogens is 224 g/mol. The van der Waals surface area contributed by atoms with Crippen molar-refractivity contribution in [1.29, 1.82) is 0 Å². The molecule has 0 N–H and O–H groups in total. The molecule has 1 fully saturated rings. The average Bonchev–Trinajstić information content (AvgIpc) is 2.29. The third-order valence-electron chi connectivity index (χ3n) is 3.73. The Hall–Kier alpha value is -0.570. The van der Waals surface area contributed by atoms with Crippen LogP contribution in [0.5, 0.6) is 0 Å². The Kier molecular flexibility index (Phi) is 6.13. The van der Waals surface area contributed by atoms with Gasteiger partial charge in [0.05, 0.1) is 0 Å². The van der Waals surface area contributed by atoms with Crippen molar-refractivity contribution >= 4 is 5.91 Å². The summed E-state index contributed by atoms with van der Waals surface area (Å²) >= 11 is 0. The summed E-state index contributed by atoms with van der Waals surface area (Å²) in [6.45, 7) is 13.1. The molecule has 1 amide bonds. The van der Waals surface area contributed by atoms with Gasteiger partial charge in [-0.1, -0.05) is 27.7 Å². The predicted molar refractivity (Wildman–Crippen MR) is 76.5 cm³/mol. The van der Waals surface area contributed by atoms with E-state index in [0.29, 0.717) is 5.92 Å². The van der Waals surface area contributed by atoms with E-state index in [4.69, 9.17) is 0 Å². The van der Waals surface area contributed by atoms with Crippen molar-refractivity contribution in [1.82, 2.24) is 9.80 Å². The first-order valence-electron chi connectivity index (χ1n) is 7.37. The number of carbonyl (C=O) groups excluding carboxylic acids is 1. The molecule has 0 saturated carbocycles. The van der Waals surface area contributed by atoms with Gasteiger partial charge in [0.2, 0.25) is 5.91 Å². The summed E-state index contributed by atoms with van der Waals surface area (Å²) in [6, 6.07) is 0. The van der Waals surface area contributed by atoms with Gasteiger partial charge in [0, 0.05) is 26.1 Å². The molecule has 1 aliphatic rings. The summed E-state index contributed by atoms with van der Waals surface area (Å²) in [4.78, 5) is 16.3. The van der Waals surface area contributed by atoms with E-state index in [9.17, 15) is 4.79 Å². The second kappa shape index (κ2) is 7.13. The maximum absolute atomic E-state index is 11.8. The van der Waals surface area contributed by atoms with Gasteiger partial charge in [-0.05, 0) is 37.8 Å². The zero-order valence-corrected chi connectivity index (χ0v) is 12.8. The fourth-order valence-corrected chi connectivity index (χ4v) is 2.79. The highest BCUT2D eigenvalue weighted by Gasteiger charge is 2.22. The Morgan fingerprint density at radius 1 is 1.22 bits per heavy atom. The highest BCUT2D eigenvalue weighted by atomic mass is 16.2. The Morgan fingerprint density at radius 2 is 1.78 bits per heavy atom. The maximum atomic E-state index is 11.8. The molecule has 0 spiro atoms. The van der Waals surface area contributed by atoms with Crippen molar-refractivity contribution in [3.8, 4) is 0 Å². The van der Waals surface area contributed by atoms with Crippen LogP contribution in [0, 0.1) is 17.8 Å². The molecule has 0 radical (unpaired) electrons. The van der Waals surface area contributed by atoms with Gasteiger partial charge in [0.25, 0.3) is 0 Å². The number of piperidine rings is 1. The highest BCUT2D eigenvalue weighted by Crippen LogP contribution is 2.19. The summed E-state index contributed by atoms with van der Waals surface area (Å²) in [5.41, 5.74) is 0. The van der Waals surface area contributed by atoms with Crippen molar-refractivity contribution in [3.63, 3.8) is 0 Å². The minimum absolute atomic E-state index is 0.121. The molecule has 0 unspecified atom stereocenters. The molecule has 0 aromatic carbocycles. The minimum Gasteiger partial charge on any atom is -0.345 e. The van der Waals surface area contributed by atoms with Crippen molar-refractivity contribution in [2.24, 2.45) is 17.8 Å². The van der Waals surface area contributed by atoms with E-state index >= 15 is 0 Å². The molecule has 1 heterocycles. The summed E-state index contributed by atoms with van der Waals surface area (Å²) < 4.78 is 0. The molecular formula is C15H30N2O. The van der Waals surface area contributed by atoms with Crippen LogP contribution >= 0.6 is 0 Å². The number of hydrogen-bond donors (Lipinski definition) is 0. The predicted octanol–water partition coefficient (Wildman–Crippen LogP) is 2.47. The molecule has 1 rings (SSSR count). The zero-order valence-electron chi connectivity index (χ0n) is 12.8. The van der Waals surface area contributed by atoms with E-state index < -0.39 is 0 Å². The van der Waals surface area contributed by atoms with E-state index in [1.54, 1.807) is 0 Å². The van der Waals surface area contributed by atoms with Gasteiger partial charge in [0.1, 0.15) is 0 Å². The smallest absolute Gasteiger partial charge is 0.224 e. The third kappa shape index (κ3) is 4.97. The molecule has 0 atom stereocenters. The summed E-state index contributed by atoms with van der Waals surface area (Å²) in [7, 11) is 1.95. The highest BCUT2D eigenvalue weighted by molar-refractivity contribution is 5.77. The Morgan fingerprint density at radius 3 is 2.22 bits per heavy atom. The van der Waals surface area contributed by atoms with Gasteiger partial charge >= 0.3 is 0 Å². The number of carbonyl (C=O) groups is 1. The van der Waals surface area contributed by atoms with E-state index in [2.05, 4.69) is 18.7 Å². The van der Waals surface area contributed by atoms with Gasteiger partial charge in [-0.2, -0.15) is 0 Å². The summed E-state index contributed by atoms with van der Waals surface area (Å²) in [5, 5.41) is 0. The number of amides is 1. The topological polar surface area (TPSA) is 23.6 Å². The van der Waals surface area contributed by atoms with Gasteiger partial charge < -0.3 is 9.80 Å². The fraction of sp³-hybridized carbons (Fsp3) is 0.933. The summed E-state index contributed by atoms with van der Waals surface area (Å²) in [6.07, 6.45) is 2.48. The molecule has 0 aromatic heterocycles. The largest absolute Gasteiger partial charge is 0.345 e. The molecule has 3 heteroatoms. The first kappa shape index (κ1) is 15.5. The van der Waals surface area contributed by atoms with E-state index in [0.717, 1.165) is 12.5 Å². The van der Waals surface area contributed by atoms with Crippen molar-refractivity contribution in [2.75, 3.05) is 33.2 Å². The lowest BCUT2D eigenvalue weighted by Crippen LogP contribution is -2.41. The fourth-order valence-electron chi connectivity index (χ4n) is 2.79. The molecule has 0 aliphatic carbocycles. The van der Waals surface area contributed by atoms with Gasteiger partial charge in [-0.15, -0.1) is 0 Å². The summed E-state index contributed by atoms with van der Waals surface area (Å²) in [5.74, 6) is 1.85. The van der Waals surface area contributed by atoms with Crippen LogP contribution in [0.3, 0.4) is 0 Å². The maximum Gasteiger partial charge on any atom is 0.224 e. The third-order valence-corrected chi connectivity index (χ3v) is 3.73. The SMILES string of the molecule is CC(C)CN1CCC(CN(C)C(=O)C(C)C)CC1. The van der Waals surface area contributed by atoms with Crippen LogP contribution < -0.4 is 0 Å². The van der Waals surface area contributed by atoms with Gasteiger partial charge in [0.15, 0.2) is 0 Å². The number of likely N-dealkylation sites (tertiary alicyclic amines) is 1. The number of hydrogen-bond acceptors (Lipinski definition) is 2. The molecule has 3 nitrogen and oxygen atoms in total. The van der Waals surface area contributed by atoms with Gasteiger partial charge in [-0.3, -0.25) is 4.79 Å². The van der Waals surface area contributed by atoms with E-state index in [-0.39, 0.29) is 11.8 Å².